The molecule has 0 aliphatic heterocycles. The lowest BCUT2D eigenvalue weighted by molar-refractivity contribution is -0.192. The van der Waals surface area contributed by atoms with Crippen LogP contribution in [-0.4, -0.2) is 47.6 Å². The van der Waals surface area contributed by atoms with Crippen molar-refractivity contribution in [3.05, 3.63) is 76.0 Å². The number of anilines is 1. The smallest absolute Gasteiger partial charge is 0.490 e. The Kier molecular flexibility index (Phi) is 12.2. The summed E-state index contributed by atoms with van der Waals surface area (Å²) in [5.41, 5.74) is 12.3. The van der Waals surface area contributed by atoms with E-state index in [4.69, 9.17) is 30.5 Å². The summed E-state index contributed by atoms with van der Waals surface area (Å²) in [4.78, 5) is 34.9. The molecule has 3 rings (SSSR count). The number of nitrogen functional groups attached to an aromatic ring is 1. The molecule has 0 fully saturated rings. The molecular formula is C27H30F3N5O6S. The summed E-state index contributed by atoms with van der Waals surface area (Å²) < 4.78 is 43.3. The lowest BCUT2D eigenvalue weighted by Crippen LogP contribution is -2.45. The Labute approximate surface area is 243 Å². The number of nitrogens with one attached hydrogen (secondary N) is 4. The van der Waals surface area contributed by atoms with E-state index in [1.54, 1.807) is 60.0 Å². The van der Waals surface area contributed by atoms with Crippen LogP contribution in [0.15, 0.2) is 60.0 Å². The number of ether oxygens (including phenoxy) is 2. The second-order valence-electron chi connectivity index (χ2n) is 8.60. The topological polar surface area (TPSA) is 176 Å². The van der Waals surface area contributed by atoms with Gasteiger partial charge in [-0.2, -0.15) is 13.2 Å². The number of benzene rings is 2. The molecule has 42 heavy (non-hydrogen) atoms. The first-order chi connectivity index (χ1) is 19.7. The van der Waals surface area contributed by atoms with Crippen molar-refractivity contribution in [1.29, 1.82) is 5.41 Å². The molecule has 1 heterocycles. The number of hydrazine groups is 1. The van der Waals surface area contributed by atoms with Gasteiger partial charge in [-0.25, -0.2) is 4.79 Å². The predicted molar refractivity (Wildman–Crippen MR) is 151 cm³/mol. The predicted octanol–water partition coefficient (Wildman–Crippen LogP) is 4.47. The monoisotopic (exact) mass is 609 g/mol. The van der Waals surface area contributed by atoms with Crippen molar-refractivity contribution < 1.29 is 42.1 Å². The number of amides is 2. The van der Waals surface area contributed by atoms with Gasteiger partial charge in [0.25, 0.3) is 11.8 Å². The van der Waals surface area contributed by atoms with Gasteiger partial charge in [0.1, 0.15) is 11.9 Å². The van der Waals surface area contributed by atoms with Crippen LogP contribution in [0.4, 0.5) is 18.9 Å². The molecule has 7 N–H and O–H groups in total. The second-order valence-corrected chi connectivity index (χ2v) is 9.55. The highest BCUT2D eigenvalue weighted by atomic mass is 32.1. The number of carboxylic acids is 1. The molecule has 1 aromatic heterocycles. The highest BCUT2D eigenvalue weighted by molar-refractivity contribution is 7.12. The maximum Gasteiger partial charge on any atom is 0.490 e. The van der Waals surface area contributed by atoms with Crippen molar-refractivity contribution in [2.24, 2.45) is 5.73 Å². The van der Waals surface area contributed by atoms with Crippen molar-refractivity contribution in [2.75, 3.05) is 11.9 Å². The number of aliphatic carboxylic acids is 1. The van der Waals surface area contributed by atoms with Crippen LogP contribution >= 0.6 is 11.3 Å². The number of hydrogen-bond acceptors (Lipinski definition) is 8. The highest BCUT2D eigenvalue weighted by Gasteiger charge is 2.38. The van der Waals surface area contributed by atoms with Gasteiger partial charge in [-0.15, -0.1) is 11.3 Å². The van der Waals surface area contributed by atoms with Crippen LogP contribution in [0.1, 0.15) is 47.6 Å². The van der Waals surface area contributed by atoms with Gasteiger partial charge in [0.2, 0.25) is 0 Å². The van der Waals surface area contributed by atoms with Gasteiger partial charge in [0.05, 0.1) is 17.6 Å². The zero-order chi connectivity index (χ0) is 31.4. The van der Waals surface area contributed by atoms with Crippen molar-refractivity contribution in [2.45, 2.75) is 39.1 Å². The third-order valence-corrected chi connectivity index (χ3v) is 5.89. The first kappa shape index (κ1) is 33.4. The van der Waals surface area contributed by atoms with E-state index in [1.807, 2.05) is 20.8 Å². The van der Waals surface area contributed by atoms with Gasteiger partial charge in [-0.3, -0.25) is 25.8 Å². The van der Waals surface area contributed by atoms with Crippen molar-refractivity contribution in [1.82, 2.24) is 10.9 Å². The van der Waals surface area contributed by atoms with Crippen LogP contribution in [0, 0.1) is 5.41 Å². The van der Waals surface area contributed by atoms with E-state index >= 15 is 0 Å². The fraction of sp³-hybridized carbons (Fsp3) is 0.259. The first-order valence-electron chi connectivity index (χ1n) is 12.3. The summed E-state index contributed by atoms with van der Waals surface area (Å²) in [5, 5.41) is 19.6. The number of rotatable bonds is 10. The minimum atomic E-state index is -5.08. The number of alkyl halides is 3. The molecule has 0 bridgehead atoms. The van der Waals surface area contributed by atoms with Gasteiger partial charge in [-0.05, 0) is 74.2 Å². The highest BCUT2D eigenvalue weighted by Crippen LogP contribution is 2.33. The minimum Gasteiger partial charge on any atom is -0.490 e. The van der Waals surface area contributed by atoms with Crippen molar-refractivity contribution in [3.8, 4) is 11.5 Å². The Hall–Kier alpha value is -4.79. The summed E-state index contributed by atoms with van der Waals surface area (Å²) in [6.07, 6.45) is -5.13. The largest absolute Gasteiger partial charge is 0.490 e. The third-order valence-electron chi connectivity index (χ3n) is 5.02. The number of thiophene rings is 1. The molecule has 2 aromatic carbocycles. The number of halogens is 3. The summed E-state index contributed by atoms with van der Waals surface area (Å²) in [7, 11) is 0. The molecule has 0 spiro atoms. The molecule has 3 aromatic rings. The molecule has 0 saturated heterocycles. The normalized spacial score (nSPS) is 11.4. The Morgan fingerprint density at radius 1 is 1.05 bits per heavy atom. The molecule has 0 aliphatic carbocycles. The van der Waals surface area contributed by atoms with Crippen LogP contribution in [0.3, 0.4) is 0 Å². The zero-order valence-corrected chi connectivity index (χ0v) is 23.6. The van der Waals surface area contributed by atoms with Crippen molar-refractivity contribution >= 4 is 40.6 Å². The maximum absolute atomic E-state index is 13.2. The van der Waals surface area contributed by atoms with Crippen LogP contribution < -0.4 is 31.4 Å². The fourth-order valence-electron chi connectivity index (χ4n) is 3.20. The standard InChI is InChI=1S/C25H29N5O4S.C2HF3O2/c1-4-33-20-14-17(9-12-19(20)34-15(2)3)22(28-18-10-7-16(8-11-18)23(26)27)25(32)30-29-24(31)21-6-5-13-35-21;3-2(4,5)1(6)7/h5-15,22,28H,4H2,1-3H3,(H3,26,27)(H,29,31)(H,30,32);(H,6,7). The van der Waals surface area contributed by atoms with E-state index in [1.165, 1.54) is 11.3 Å². The zero-order valence-electron chi connectivity index (χ0n) is 22.7. The van der Waals surface area contributed by atoms with Crippen LogP contribution in [0.5, 0.6) is 11.5 Å². The van der Waals surface area contributed by atoms with Gasteiger partial charge in [0.15, 0.2) is 11.5 Å². The van der Waals surface area contributed by atoms with E-state index in [2.05, 4.69) is 16.2 Å². The molecule has 1 unspecified atom stereocenters. The van der Waals surface area contributed by atoms with E-state index in [9.17, 15) is 22.8 Å². The molecule has 11 nitrogen and oxygen atoms in total. The van der Waals surface area contributed by atoms with E-state index in [-0.39, 0.29) is 11.9 Å². The maximum atomic E-state index is 13.2. The quantitative estimate of drug-likeness (QED) is 0.111. The molecule has 0 radical (unpaired) electrons. The average molecular weight is 610 g/mol. The van der Waals surface area contributed by atoms with Crippen LogP contribution in [0.2, 0.25) is 0 Å². The second kappa shape index (κ2) is 15.3. The molecular weight excluding hydrogens is 579 g/mol. The number of carboxylic acid groups (broad SMARTS) is 1. The first-order valence-corrected chi connectivity index (χ1v) is 13.2. The van der Waals surface area contributed by atoms with Gasteiger partial charge in [-0.1, -0.05) is 12.1 Å². The number of amidine groups is 1. The Morgan fingerprint density at radius 3 is 2.19 bits per heavy atom. The summed E-state index contributed by atoms with van der Waals surface area (Å²) in [5.74, 6) is -2.62. The number of hydrogen-bond donors (Lipinski definition) is 6. The SMILES string of the molecule is CCOc1cc(C(Nc2ccc(C(=N)N)cc2)C(=O)NNC(=O)c2cccs2)ccc1OC(C)C.O=C(O)C(F)(F)F. The van der Waals surface area contributed by atoms with Gasteiger partial charge < -0.3 is 25.6 Å². The number of carbonyl (C=O) groups excluding carboxylic acids is 2. The van der Waals surface area contributed by atoms with E-state index in [0.717, 1.165) is 0 Å². The fourth-order valence-corrected chi connectivity index (χ4v) is 3.82. The molecule has 0 aliphatic rings. The molecule has 226 valence electrons. The summed E-state index contributed by atoms with van der Waals surface area (Å²) in [6, 6.07) is 14.6. The molecule has 2 amide bonds. The molecule has 1 atom stereocenters. The van der Waals surface area contributed by atoms with Crippen LogP contribution in [0.25, 0.3) is 0 Å². The summed E-state index contributed by atoms with van der Waals surface area (Å²) in [6.45, 7) is 6.13. The minimum absolute atomic E-state index is 0.0514. The number of carbonyl (C=O) groups is 3. The third kappa shape index (κ3) is 10.3. The molecule has 0 saturated carbocycles. The summed E-state index contributed by atoms with van der Waals surface area (Å²) >= 11 is 1.27. The Bertz CT molecular complexity index is 1370. The lowest BCUT2D eigenvalue weighted by Gasteiger charge is -2.22. The number of nitrogens with two attached hydrogens (primary N) is 1. The Balaban J connectivity index is 0.000000782. The van der Waals surface area contributed by atoms with Gasteiger partial charge >= 0.3 is 12.1 Å². The lowest BCUT2D eigenvalue weighted by atomic mass is 10.0. The van der Waals surface area contributed by atoms with E-state index in [0.29, 0.717) is 39.8 Å². The van der Waals surface area contributed by atoms with Gasteiger partial charge in [0, 0.05) is 11.3 Å². The van der Waals surface area contributed by atoms with E-state index < -0.39 is 30.0 Å². The van der Waals surface area contributed by atoms with Crippen molar-refractivity contribution in [3.63, 3.8) is 0 Å². The molecule has 15 heteroatoms. The Morgan fingerprint density at radius 2 is 1.69 bits per heavy atom. The van der Waals surface area contributed by atoms with Crippen LogP contribution in [-0.2, 0) is 9.59 Å². The average Bonchev–Trinajstić information content (AvgIpc) is 3.46.